The Labute approximate surface area is 178 Å². The van der Waals surface area contributed by atoms with Crippen LogP contribution in [0, 0.1) is 29.1 Å². The third-order valence-electron chi connectivity index (χ3n) is 6.92. The predicted octanol–water partition coefficient (Wildman–Crippen LogP) is 7.98. The van der Waals surface area contributed by atoms with Gasteiger partial charge in [0, 0.05) is 6.08 Å². The van der Waals surface area contributed by atoms with Crippen molar-refractivity contribution >= 4 is 0 Å². The Hall–Kier alpha value is -2.28. The third-order valence-corrected chi connectivity index (χ3v) is 6.92. The molecule has 1 aromatic carbocycles. The highest BCUT2D eigenvalue weighted by Crippen LogP contribution is 2.44. The minimum atomic E-state index is -4.27. The lowest BCUT2D eigenvalue weighted by Gasteiger charge is -2.36. The molecule has 0 saturated heterocycles. The van der Waals surface area contributed by atoms with Crippen LogP contribution < -0.4 is 0 Å². The second-order valence-electron chi connectivity index (χ2n) is 8.73. The molecule has 2 aliphatic carbocycles. The van der Waals surface area contributed by atoms with Crippen molar-refractivity contribution in [2.24, 2.45) is 17.8 Å². The summed E-state index contributed by atoms with van der Waals surface area (Å²) >= 11 is 0. The summed E-state index contributed by atoms with van der Waals surface area (Å²) in [5.41, 5.74) is 1.86. The average molecular weight is 414 g/mol. The summed E-state index contributed by atoms with van der Waals surface area (Å²) in [5.74, 6) is 2.09. The maximum absolute atomic E-state index is 12.8. The van der Waals surface area contributed by atoms with Crippen LogP contribution in [-0.2, 0) is 6.18 Å². The standard InChI is InChI=1S/C26H30F3N/c1-19(21-8-6-20(7-9-21)5-3-2-4-18-30)22-10-12-23(13-11-22)24-14-16-25(17-15-24)26(27,28)29/h2-5,14-17,20-23H,1,6-13H2/b4-2+,5-3+. The predicted molar refractivity (Wildman–Crippen MR) is 115 cm³/mol. The molecule has 2 aliphatic rings. The molecule has 2 saturated carbocycles. The van der Waals surface area contributed by atoms with E-state index >= 15 is 0 Å². The number of rotatable bonds is 5. The fraction of sp³-hybridized carbons (Fsp3) is 0.500. The zero-order chi connectivity index (χ0) is 21.6. The number of nitrogens with zero attached hydrogens (tertiary/aromatic N) is 1. The van der Waals surface area contributed by atoms with Gasteiger partial charge in [0.25, 0.3) is 0 Å². The van der Waals surface area contributed by atoms with Gasteiger partial charge in [0.15, 0.2) is 0 Å². The minimum Gasteiger partial charge on any atom is -0.193 e. The Morgan fingerprint density at radius 1 is 0.900 bits per heavy atom. The first-order chi connectivity index (χ1) is 14.4. The first-order valence-corrected chi connectivity index (χ1v) is 11.0. The molecule has 1 nitrogen and oxygen atoms in total. The molecule has 0 aliphatic heterocycles. The van der Waals surface area contributed by atoms with Crippen molar-refractivity contribution in [3.05, 3.63) is 71.8 Å². The molecule has 2 fully saturated rings. The molecule has 0 atom stereocenters. The van der Waals surface area contributed by atoms with Crippen molar-refractivity contribution in [3.8, 4) is 6.07 Å². The van der Waals surface area contributed by atoms with Crippen LogP contribution in [-0.4, -0.2) is 0 Å². The van der Waals surface area contributed by atoms with Crippen LogP contribution in [0.4, 0.5) is 13.2 Å². The lowest BCUT2D eigenvalue weighted by Crippen LogP contribution is -2.22. The lowest BCUT2D eigenvalue weighted by molar-refractivity contribution is -0.137. The van der Waals surface area contributed by atoms with E-state index in [0.717, 1.165) is 31.2 Å². The Bertz CT molecular complexity index is 794. The fourth-order valence-corrected chi connectivity index (χ4v) is 5.08. The fourth-order valence-electron chi connectivity index (χ4n) is 5.08. The quantitative estimate of drug-likeness (QED) is 0.273. The molecule has 0 radical (unpaired) electrons. The maximum atomic E-state index is 12.8. The third kappa shape index (κ3) is 5.88. The second-order valence-corrected chi connectivity index (χ2v) is 8.73. The van der Waals surface area contributed by atoms with Crippen LogP contribution in [0.15, 0.2) is 60.7 Å². The zero-order valence-corrected chi connectivity index (χ0v) is 17.4. The normalized spacial score (nSPS) is 27.9. The van der Waals surface area contributed by atoms with Crippen molar-refractivity contribution in [2.75, 3.05) is 0 Å². The van der Waals surface area contributed by atoms with E-state index in [1.54, 1.807) is 18.2 Å². The van der Waals surface area contributed by atoms with Gasteiger partial charge in [0.05, 0.1) is 11.6 Å². The minimum absolute atomic E-state index is 0.360. The van der Waals surface area contributed by atoms with Crippen LogP contribution in [0.25, 0.3) is 0 Å². The van der Waals surface area contributed by atoms with E-state index in [9.17, 15) is 13.2 Å². The second kappa shape index (κ2) is 10.2. The molecule has 0 spiro atoms. The van der Waals surface area contributed by atoms with Crippen LogP contribution in [0.3, 0.4) is 0 Å². The number of halogens is 3. The van der Waals surface area contributed by atoms with Crippen molar-refractivity contribution < 1.29 is 13.2 Å². The smallest absolute Gasteiger partial charge is 0.193 e. The topological polar surface area (TPSA) is 23.8 Å². The summed E-state index contributed by atoms with van der Waals surface area (Å²) in [5, 5.41) is 8.52. The number of nitriles is 1. The molecular formula is C26H30F3N. The van der Waals surface area contributed by atoms with Crippen LogP contribution in [0.2, 0.25) is 0 Å². The van der Waals surface area contributed by atoms with E-state index in [0.29, 0.717) is 23.7 Å². The summed E-state index contributed by atoms with van der Waals surface area (Å²) in [4.78, 5) is 0. The molecule has 1 aromatic rings. The number of hydrogen-bond acceptors (Lipinski definition) is 1. The highest BCUT2D eigenvalue weighted by molar-refractivity contribution is 5.27. The molecule has 30 heavy (non-hydrogen) atoms. The monoisotopic (exact) mass is 413 g/mol. The van der Waals surface area contributed by atoms with E-state index in [4.69, 9.17) is 5.26 Å². The Morgan fingerprint density at radius 2 is 1.47 bits per heavy atom. The molecule has 4 heteroatoms. The molecule has 0 amide bonds. The van der Waals surface area contributed by atoms with E-state index in [1.165, 1.54) is 49.5 Å². The zero-order valence-electron chi connectivity index (χ0n) is 17.4. The van der Waals surface area contributed by atoms with Gasteiger partial charge in [-0.3, -0.25) is 0 Å². The van der Waals surface area contributed by atoms with E-state index < -0.39 is 11.7 Å². The molecular weight excluding hydrogens is 383 g/mol. The van der Waals surface area contributed by atoms with Gasteiger partial charge in [0.1, 0.15) is 0 Å². The summed E-state index contributed by atoms with van der Waals surface area (Å²) in [6.07, 6.45) is 12.1. The van der Waals surface area contributed by atoms with Crippen LogP contribution in [0.1, 0.15) is 68.4 Å². The van der Waals surface area contributed by atoms with Gasteiger partial charge in [-0.05, 0) is 92.7 Å². The number of hydrogen-bond donors (Lipinski definition) is 0. The molecule has 0 aromatic heterocycles. The summed E-state index contributed by atoms with van der Waals surface area (Å²) < 4.78 is 38.3. The van der Waals surface area contributed by atoms with E-state index in [2.05, 4.69) is 12.7 Å². The lowest BCUT2D eigenvalue weighted by atomic mass is 9.70. The highest BCUT2D eigenvalue weighted by Gasteiger charge is 2.32. The van der Waals surface area contributed by atoms with Gasteiger partial charge in [-0.25, -0.2) is 0 Å². The highest BCUT2D eigenvalue weighted by atomic mass is 19.4. The summed E-state index contributed by atoms with van der Waals surface area (Å²) in [6.45, 7) is 4.46. The SMILES string of the molecule is C=C(C1CCC(/C=C/C=C/C#N)CC1)C1CCC(c2ccc(C(F)(F)F)cc2)CC1. The first kappa shape index (κ1) is 22.4. The molecule has 0 unspecified atom stereocenters. The summed E-state index contributed by atoms with van der Waals surface area (Å²) in [6, 6.07) is 7.73. The van der Waals surface area contributed by atoms with Gasteiger partial charge in [-0.2, -0.15) is 18.4 Å². The number of benzene rings is 1. The largest absolute Gasteiger partial charge is 0.416 e. The van der Waals surface area contributed by atoms with Crippen molar-refractivity contribution in [1.82, 2.24) is 0 Å². The number of allylic oxidation sites excluding steroid dienone is 5. The van der Waals surface area contributed by atoms with Gasteiger partial charge in [-0.1, -0.05) is 42.5 Å². The van der Waals surface area contributed by atoms with E-state index in [1.807, 2.05) is 12.1 Å². The maximum Gasteiger partial charge on any atom is 0.416 e. The van der Waals surface area contributed by atoms with E-state index in [-0.39, 0.29) is 0 Å². The van der Waals surface area contributed by atoms with Gasteiger partial charge in [-0.15, -0.1) is 0 Å². The summed E-state index contributed by atoms with van der Waals surface area (Å²) in [7, 11) is 0. The molecule has 3 rings (SSSR count). The van der Waals surface area contributed by atoms with Gasteiger partial charge >= 0.3 is 6.18 Å². The molecule has 0 heterocycles. The Morgan fingerprint density at radius 3 is 2.00 bits per heavy atom. The Balaban J connectivity index is 1.46. The van der Waals surface area contributed by atoms with Crippen LogP contribution >= 0.6 is 0 Å². The van der Waals surface area contributed by atoms with Crippen molar-refractivity contribution in [3.63, 3.8) is 0 Å². The van der Waals surface area contributed by atoms with Crippen molar-refractivity contribution in [2.45, 2.75) is 63.5 Å². The van der Waals surface area contributed by atoms with Gasteiger partial charge in [0.2, 0.25) is 0 Å². The van der Waals surface area contributed by atoms with Crippen molar-refractivity contribution in [1.29, 1.82) is 5.26 Å². The molecule has 0 bridgehead atoms. The number of alkyl halides is 3. The average Bonchev–Trinajstić information content (AvgIpc) is 2.76. The first-order valence-electron chi connectivity index (χ1n) is 11.0. The molecule has 160 valence electrons. The molecule has 0 N–H and O–H groups in total. The Kier molecular flexibility index (Phi) is 7.58. The van der Waals surface area contributed by atoms with Crippen LogP contribution in [0.5, 0.6) is 0 Å². The van der Waals surface area contributed by atoms with Gasteiger partial charge < -0.3 is 0 Å².